The normalized spacial score (nSPS) is 11.0. The Balaban J connectivity index is 1.98. The highest BCUT2D eigenvalue weighted by atomic mass is 19.4. The minimum atomic E-state index is -4.61. The number of hydrogen-bond donors (Lipinski definition) is 1. The van der Waals surface area contributed by atoms with Gasteiger partial charge in [-0.2, -0.15) is 13.2 Å². The molecule has 1 N–H and O–H groups in total. The van der Waals surface area contributed by atoms with E-state index in [0.29, 0.717) is 18.1 Å². The van der Waals surface area contributed by atoms with Crippen LogP contribution in [0.15, 0.2) is 48.5 Å². The standard InChI is InChI=1S/C21H23F3N2O4/c1-3-26(20(28)14-30-18-12-8-7-11-17(18)29-4-2)13-19(27)25-16-10-6-5-9-15(16)21(22,23)24/h5-12H,3-4,13-14H2,1-2H3,(H,25,27). The lowest BCUT2D eigenvalue weighted by atomic mass is 10.1. The number of hydrogen-bond acceptors (Lipinski definition) is 4. The molecule has 0 saturated heterocycles. The average molecular weight is 424 g/mol. The quantitative estimate of drug-likeness (QED) is 0.662. The van der Waals surface area contributed by atoms with E-state index in [4.69, 9.17) is 9.47 Å². The van der Waals surface area contributed by atoms with E-state index in [0.717, 1.165) is 12.1 Å². The molecule has 0 atom stereocenters. The predicted octanol–water partition coefficient (Wildman–Crippen LogP) is 3.97. The maximum absolute atomic E-state index is 13.1. The van der Waals surface area contributed by atoms with Crippen molar-refractivity contribution in [2.24, 2.45) is 0 Å². The predicted molar refractivity (Wildman–Crippen MR) is 105 cm³/mol. The molecule has 0 aliphatic heterocycles. The van der Waals surface area contributed by atoms with Crippen LogP contribution in [0.25, 0.3) is 0 Å². The summed E-state index contributed by atoms with van der Waals surface area (Å²) < 4.78 is 50.1. The van der Waals surface area contributed by atoms with Gasteiger partial charge in [-0.3, -0.25) is 9.59 Å². The fourth-order valence-corrected chi connectivity index (χ4v) is 2.65. The zero-order valence-electron chi connectivity index (χ0n) is 16.7. The molecule has 0 heterocycles. The van der Waals surface area contributed by atoms with E-state index >= 15 is 0 Å². The van der Waals surface area contributed by atoms with Gasteiger partial charge in [0.05, 0.1) is 24.4 Å². The topological polar surface area (TPSA) is 67.9 Å². The first kappa shape index (κ1) is 23.1. The van der Waals surface area contributed by atoms with Crippen molar-refractivity contribution < 1.29 is 32.2 Å². The number of amides is 2. The van der Waals surface area contributed by atoms with Crippen LogP contribution >= 0.6 is 0 Å². The van der Waals surface area contributed by atoms with Crippen LogP contribution in [0.1, 0.15) is 19.4 Å². The van der Waals surface area contributed by atoms with Crippen LogP contribution in [0.2, 0.25) is 0 Å². The van der Waals surface area contributed by atoms with Crippen molar-refractivity contribution in [3.63, 3.8) is 0 Å². The first-order valence-electron chi connectivity index (χ1n) is 9.34. The Kier molecular flexibility index (Phi) is 8.08. The van der Waals surface area contributed by atoms with Crippen LogP contribution in [-0.4, -0.2) is 43.0 Å². The molecule has 6 nitrogen and oxygen atoms in total. The Morgan fingerprint density at radius 2 is 1.57 bits per heavy atom. The highest BCUT2D eigenvalue weighted by Gasteiger charge is 2.33. The summed E-state index contributed by atoms with van der Waals surface area (Å²) in [5, 5.41) is 2.22. The van der Waals surface area contributed by atoms with Gasteiger partial charge >= 0.3 is 6.18 Å². The summed E-state index contributed by atoms with van der Waals surface area (Å²) in [4.78, 5) is 25.9. The van der Waals surface area contributed by atoms with Crippen molar-refractivity contribution in [3.05, 3.63) is 54.1 Å². The SMILES string of the molecule is CCOc1ccccc1OCC(=O)N(CC)CC(=O)Nc1ccccc1C(F)(F)F. The Hall–Kier alpha value is -3.23. The van der Waals surface area contributed by atoms with E-state index in [9.17, 15) is 22.8 Å². The van der Waals surface area contributed by atoms with E-state index < -0.39 is 30.1 Å². The van der Waals surface area contributed by atoms with Crippen molar-refractivity contribution in [2.75, 3.05) is 31.6 Å². The lowest BCUT2D eigenvalue weighted by molar-refractivity contribution is -0.138. The second-order valence-corrected chi connectivity index (χ2v) is 6.17. The summed E-state index contributed by atoms with van der Waals surface area (Å²) in [6.07, 6.45) is -4.61. The van der Waals surface area contributed by atoms with Gasteiger partial charge in [0.1, 0.15) is 0 Å². The molecular formula is C21H23F3N2O4. The summed E-state index contributed by atoms with van der Waals surface area (Å²) in [6, 6.07) is 11.5. The van der Waals surface area contributed by atoms with Crippen LogP contribution in [0.4, 0.5) is 18.9 Å². The second-order valence-electron chi connectivity index (χ2n) is 6.17. The van der Waals surface area contributed by atoms with Crippen LogP contribution in [-0.2, 0) is 15.8 Å². The summed E-state index contributed by atoms with van der Waals surface area (Å²) >= 11 is 0. The Labute approximate surface area is 172 Å². The molecule has 0 unspecified atom stereocenters. The molecule has 9 heteroatoms. The number of rotatable bonds is 9. The van der Waals surface area contributed by atoms with Crippen molar-refractivity contribution >= 4 is 17.5 Å². The van der Waals surface area contributed by atoms with Gasteiger partial charge in [-0.25, -0.2) is 0 Å². The third-order valence-electron chi connectivity index (χ3n) is 4.08. The van der Waals surface area contributed by atoms with Gasteiger partial charge in [0.25, 0.3) is 5.91 Å². The number of ether oxygens (including phenoxy) is 2. The minimum absolute atomic E-state index is 0.184. The highest BCUT2D eigenvalue weighted by Crippen LogP contribution is 2.34. The average Bonchev–Trinajstić information content (AvgIpc) is 2.71. The number of nitrogens with zero attached hydrogens (tertiary/aromatic N) is 1. The molecule has 2 aromatic rings. The molecule has 0 aliphatic rings. The largest absolute Gasteiger partial charge is 0.490 e. The minimum Gasteiger partial charge on any atom is -0.490 e. The molecule has 162 valence electrons. The molecule has 0 aromatic heterocycles. The van der Waals surface area contributed by atoms with E-state index in [1.54, 1.807) is 31.2 Å². The molecule has 0 spiro atoms. The monoisotopic (exact) mass is 424 g/mol. The maximum Gasteiger partial charge on any atom is 0.418 e. The van der Waals surface area contributed by atoms with Gasteiger partial charge in [-0.05, 0) is 38.1 Å². The third kappa shape index (κ3) is 6.40. The number of anilines is 1. The summed E-state index contributed by atoms with van der Waals surface area (Å²) in [7, 11) is 0. The first-order valence-corrected chi connectivity index (χ1v) is 9.34. The lowest BCUT2D eigenvalue weighted by Crippen LogP contribution is -2.40. The summed E-state index contributed by atoms with van der Waals surface area (Å²) in [5.74, 6) is -0.357. The van der Waals surface area contributed by atoms with Gasteiger partial charge < -0.3 is 19.7 Å². The highest BCUT2D eigenvalue weighted by molar-refractivity contribution is 5.95. The lowest BCUT2D eigenvalue weighted by Gasteiger charge is -2.21. The van der Waals surface area contributed by atoms with Crippen LogP contribution in [0, 0.1) is 0 Å². The number of carbonyl (C=O) groups is 2. The van der Waals surface area contributed by atoms with Gasteiger partial charge in [0, 0.05) is 6.54 Å². The number of carbonyl (C=O) groups excluding carboxylic acids is 2. The van der Waals surface area contributed by atoms with E-state index in [-0.39, 0.29) is 18.8 Å². The van der Waals surface area contributed by atoms with Crippen molar-refractivity contribution in [3.8, 4) is 11.5 Å². The molecular weight excluding hydrogens is 401 g/mol. The number of para-hydroxylation sites is 3. The first-order chi connectivity index (χ1) is 14.3. The smallest absolute Gasteiger partial charge is 0.418 e. The molecule has 0 bridgehead atoms. The third-order valence-corrected chi connectivity index (χ3v) is 4.08. The number of halogens is 3. The van der Waals surface area contributed by atoms with Crippen LogP contribution in [0.5, 0.6) is 11.5 Å². The number of nitrogens with one attached hydrogen (secondary N) is 1. The van der Waals surface area contributed by atoms with E-state index in [2.05, 4.69) is 5.32 Å². The van der Waals surface area contributed by atoms with E-state index in [1.807, 2.05) is 6.92 Å². The van der Waals surface area contributed by atoms with Gasteiger partial charge in [0.15, 0.2) is 18.1 Å². The van der Waals surface area contributed by atoms with Crippen molar-refractivity contribution in [1.29, 1.82) is 0 Å². The Morgan fingerprint density at radius 3 is 2.17 bits per heavy atom. The van der Waals surface area contributed by atoms with Gasteiger partial charge in [-0.1, -0.05) is 24.3 Å². The second kappa shape index (κ2) is 10.5. The van der Waals surface area contributed by atoms with Crippen LogP contribution < -0.4 is 14.8 Å². The molecule has 30 heavy (non-hydrogen) atoms. The molecule has 0 radical (unpaired) electrons. The fourth-order valence-electron chi connectivity index (χ4n) is 2.65. The van der Waals surface area contributed by atoms with Crippen molar-refractivity contribution in [1.82, 2.24) is 4.90 Å². The summed E-state index contributed by atoms with van der Waals surface area (Å²) in [6.45, 7) is 3.33. The molecule has 0 saturated carbocycles. The van der Waals surface area contributed by atoms with E-state index in [1.165, 1.54) is 17.0 Å². The summed E-state index contributed by atoms with van der Waals surface area (Å²) in [5.41, 5.74) is -1.32. The number of alkyl halides is 3. The molecule has 0 fully saturated rings. The van der Waals surface area contributed by atoms with Gasteiger partial charge in [0.2, 0.25) is 5.91 Å². The molecule has 2 rings (SSSR count). The molecule has 2 amide bonds. The number of benzene rings is 2. The van der Waals surface area contributed by atoms with Crippen LogP contribution in [0.3, 0.4) is 0 Å². The van der Waals surface area contributed by atoms with Gasteiger partial charge in [-0.15, -0.1) is 0 Å². The zero-order chi connectivity index (χ0) is 22.1. The molecule has 2 aromatic carbocycles. The maximum atomic E-state index is 13.1. The zero-order valence-corrected chi connectivity index (χ0v) is 16.7. The number of likely N-dealkylation sites (N-methyl/N-ethyl adjacent to an activating group) is 1. The Morgan fingerprint density at radius 1 is 0.967 bits per heavy atom. The molecule has 0 aliphatic carbocycles. The fraction of sp³-hybridized carbons (Fsp3) is 0.333. The Bertz CT molecular complexity index is 871. The van der Waals surface area contributed by atoms with Crippen molar-refractivity contribution in [2.45, 2.75) is 20.0 Å².